The van der Waals surface area contributed by atoms with Crippen molar-refractivity contribution in [3.8, 4) is 0 Å². The normalized spacial score (nSPS) is 14.8. The quantitative estimate of drug-likeness (QED) is 0.684. The molecule has 13 heavy (non-hydrogen) atoms. The summed E-state index contributed by atoms with van der Waals surface area (Å²) in [6, 6.07) is 1.44. The highest BCUT2D eigenvalue weighted by molar-refractivity contribution is 9.10. The summed E-state index contributed by atoms with van der Waals surface area (Å²) in [5.41, 5.74) is 2.04. The summed E-state index contributed by atoms with van der Waals surface area (Å²) in [5.74, 6) is -0.242. The number of halogens is 2. The van der Waals surface area contributed by atoms with Gasteiger partial charge in [0.1, 0.15) is 5.82 Å². The minimum atomic E-state index is -0.305. The first kappa shape index (κ1) is 8.88. The molecule has 0 heterocycles. The Bertz CT molecular complexity index is 398. The molecule has 0 N–H and O–H groups in total. The molecule has 2 rings (SSSR count). The molecule has 1 aliphatic carbocycles. The molecular formula is C10H8BrFO. The fourth-order valence-corrected chi connectivity index (χ4v) is 2.35. The molecule has 3 heteroatoms. The maximum absolute atomic E-state index is 13.2. The van der Waals surface area contributed by atoms with Crippen LogP contribution in [0.5, 0.6) is 0 Å². The molecule has 1 aromatic carbocycles. The smallest absolute Gasteiger partial charge is 0.163 e. The molecule has 0 saturated heterocycles. The van der Waals surface area contributed by atoms with Crippen LogP contribution in [-0.2, 0) is 6.42 Å². The van der Waals surface area contributed by atoms with Crippen molar-refractivity contribution < 1.29 is 9.18 Å². The van der Waals surface area contributed by atoms with E-state index in [2.05, 4.69) is 15.9 Å². The lowest BCUT2D eigenvalue weighted by Crippen LogP contribution is -1.98. The fourth-order valence-electron chi connectivity index (χ4n) is 1.76. The summed E-state index contributed by atoms with van der Waals surface area (Å²) in [6.45, 7) is 1.66. The highest BCUT2D eigenvalue weighted by Crippen LogP contribution is 2.32. The molecule has 0 aliphatic heterocycles. The zero-order chi connectivity index (χ0) is 9.59. The predicted molar refractivity (Wildman–Crippen MR) is 51.5 cm³/mol. The second-order valence-electron chi connectivity index (χ2n) is 3.24. The Morgan fingerprint density at radius 2 is 2.15 bits per heavy atom. The summed E-state index contributed by atoms with van der Waals surface area (Å²) in [4.78, 5) is 11.4. The number of hydrogen-bond acceptors (Lipinski definition) is 1. The molecule has 0 unspecified atom stereocenters. The Kier molecular flexibility index (Phi) is 1.99. The van der Waals surface area contributed by atoms with Crippen LogP contribution in [0.3, 0.4) is 0 Å². The van der Waals surface area contributed by atoms with E-state index in [1.54, 1.807) is 6.92 Å². The highest BCUT2D eigenvalue weighted by atomic mass is 79.9. The van der Waals surface area contributed by atoms with Crippen LogP contribution < -0.4 is 0 Å². The third-order valence-corrected chi connectivity index (χ3v) is 3.17. The van der Waals surface area contributed by atoms with Gasteiger partial charge in [0.15, 0.2) is 5.78 Å². The molecule has 0 fully saturated rings. The minimum Gasteiger partial charge on any atom is -0.294 e. The maximum Gasteiger partial charge on any atom is 0.163 e. The minimum absolute atomic E-state index is 0.0627. The van der Waals surface area contributed by atoms with Crippen LogP contribution in [0.4, 0.5) is 4.39 Å². The van der Waals surface area contributed by atoms with Crippen LogP contribution in [0, 0.1) is 12.7 Å². The van der Waals surface area contributed by atoms with E-state index in [9.17, 15) is 9.18 Å². The highest BCUT2D eigenvalue weighted by Gasteiger charge is 2.25. The van der Waals surface area contributed by atoms with Crippen LogP contribution >= 0.6 is 15.9 Å². The zero-order valence-electron chi connectivity index (χ0n) is 7.16. The van der Waals surface area contributed by atoms with E-state index >= 15 is 0 Å². The van der Waals surface area contributed by atoms with Crippen molar-refractivity contribution >= 4 is 21.7 Å². The number of hydrogen-bond donors (Lipinski definition) is 0. The van der Waals surface area contributed by atoms with E-state index < -0.39 is 0 Å². The van der Waals surface area contributed by atoms with Crippen molar-refractivity contribution in [3.63, 3.8) is 0 Å². The first-order valence-corrected chi connectivity index (χ1v) is 4.91. The van der Waals surface area contributed by atoms with Crippen molar-refractivity contribution in [3.05, 3.63) is 33.0 Å². The van der Waals surface area contributed by atoms with Gasteiger partial charge in [-0.05, 0) is 30.5 Å². The lowest BCUT2D eigenvalue weighted by Gasteiger charge is -2.05. The van der Waals surface area contributed by atoms with Crippen LogP contribution in [-0.4, -0.2) is 5.78 Å². The van der Waals surface area contributed by atoms with E-state index in [1.165, 1.54) is 6.07 Å². The van der Waals surface area contributed by atoms with E-state index in [0.717, 1.165) is 16.5 Å². The summed E-state index contributed by atoms with van der Waals surface area (Å²) in [6.07, 6.45) is 1.24. The van der Waals surface area contributed by atoms with E-state index in [0.29, 0.717) is 17.5 Å². The first-order valence-electron chi connectivity index (χ1n) is 4.12. The van der Waals surface area contributed by atoms with Gasteiger partial charge in [-0.3, -0.25) is 4.79 Å². The molecule has 1 nitrogen and oxygen atoms in total. The van der Waals surface area contributed by atoms with Crippen LogP contribution in [0.25, 0.3) is 0 Å². The monoisotopic (exact) mass is 242 g/mol. The van der Waals surface area contributed by atoms with Gasteiger partial charge >= 0.3 is 0 Å². The summed E-state index contributed by atoms with van der Waals surface area (Å²) < 4.78 is 13.9. The number of benzene rings is 1. The molecule has 0 bridgehead atoms. The largest absolute Gasteiger partial charge is 0.294 e. The van der Waals surface area contributed by atoms with Gasteiger partial charge in [-0.25, -0.2) is 4.39 Å². The molecule has 0 aromatic heterocycles. The van der Waals surface area contributed by atoms with Gasteiger partial charge in [0, 0.05) is 16.5 Å². The molecule has 0 atom stereocenters. The lowest BCUT2D eigenvalue weighted by atomic mass is 10.0. The second kappa shape index (κ2) is 2.91. The average Bonchev–Trinajstić information content (AvgIpc) is 2.44. The van der Waals surface area contributed by atoms with Crippen LogP contribution in [0.2, 0.25) is 0 Å². The molecule has 1 aromatic rings. The molecule has 0 radical (unpaired) electrons. The third-order valence-electron chi connectivity index (χ3n) is 2.46. The Hall–Kier alpha value is -0.700. The second-order valence-corrected chi connectivity index (χ2v) is 4.10. The van der Waals surface area contributed by atoms with Crippen LogP contribution in [0.15, 0.2) is 10.5 Å². The predicted octanol–water partition coefficient (Wildman–Crippen LogP) is 3.03. The Balaban J connectivity index is 2.77. The van der Waals surface area contributed by atoms with Gasteiger partial charge in [-0.2, -0.15) is 0 Å². The van der Waals surface area contributed by atoms with Crippen molar-refractivity contribution in [2.24, 2.45) is 0 Å². The third kappa shape index (κ3) is 1.22. The molecule has 0 amide bonds. The Labute approximate surface area is 84.1 Å². The lowest BCUT2D eigenvalue weighted by molar-refractivity contribution is 0.0993. The Morgan fingerprint density at radius 3 is 2.85 bits per heavy atom. The maximum atomic E-state index is 13.2. The molecule has 68 valence electrons. The molecule has 0 saturated carbocycles. The van der Waals surface area contributed by atoms with Crippen molar-refractivity contribution in [1.82, 2.24) is 0 Å². The topological polar surface area (TPSA) is 17.1 Å². The van der Waals surface area contributed by atoms with Crippen molar-refractivity contribution in [1.29, 1.82) is 0 Å². The van der Waals surface area contributed by atoms with Gasteiger partial charge in [0.2, 0.25) is 0 Å². The van der Waals surface area contributed by atoms with Crippen molar-refractivity contribution in [2.75, 3.05) is 0 Å². The number of rotatable bonds is 0. The number of ketones is 1. The average molecular weight is 243 g/mol. The van der Waals surface area contributed by atoms with Gasteiger partial charge in [-0.15, -0.1) is 0 Å². The molecule has 0 spiro atoms. The van der Waals surface area contributed by atoms with E-state index in [-0.39, 0.29) is 11.6 Å². The van der Waals surface area contributed by atoms with Gasteiger partial charge < -0.3 is 0 Å². The summed E-state index contributed by atoms with van der Waals surface area (Å²) in [7, 11) is 0. The first-order chi connectivity index (χ1) is 6.11. The number of carbonyl (C=O) groups excluding carboxylic acids is 1. The fraction of sp³-hybridized carbons (Fsp3) is 0.300. The van der Waals surface area contributed by atoms with E-state index in [4.69, 9.17) is 0 Å². The number of fused-ring (bicyclic) bond motifs is 1. The Morgan fingerprint density at radius 1 is 1.46 bits per heavy atom. The van der Waals surface area contributed by atoms with Gasteiger partial charge in [0.25, 0.3) is 0 Å². The summed E-state index contributed by atoms with van der Waals surface area (Å²) >= 11 is 3.27. The standard InChI is InChI=1S/C10H8BrFO/c1-5-8(12)4-7(11)6-2-3-9(13)10(5)6/h4H,2-3H2,1H3. The van der Waals surface area contributed by atoms with E-state index in [1.807, 2.05) is 0 Å². The van der Waals surface area contributed by atoms with Gasteiger partial charge in [-0.1, -0.05) is 15.9 Å². The molecular weight excluding hydrogens is 235 g/mol. The number of carbonyl (C=O) groups is 1. The van der Waals surface area contributed by atoms with Crippen LogP contribution in [0.1, 0.15) is 27.9 Å². The summed E-state index contributed by atoms with van der Waals surface area (Å²) in [5, 5.41) is 0. The van der Waals surface area contributed by atoms with Crippen molar-refractivity contribution in [2.45, 2.75) is 19.8 Å². The molecule has 1 aliphatic rings. The zero-order valence-corrected chi connectivity index (χ0v) is 8.74. The number of Topliss-reactive ketones (excluding diaryl/α,β-unsaturated/α-hetero) is 1. The van der Waals surface area contributed by atoms with Gasteiger partial charge in [0.05, 0.1) is 0 Å². The SMILES string of the molecule is Cc1c(F)cc(Br)c2c1C(=O)CC2.